The summed E-state index contributed by atoms with van der Waals surface area (Å²) in [6, 6.07) is 0. The highest BCUT2D eigenvalue weighted by Gasteiger charge is 2.12. The molecular weight excluding hydrogens is 166 g/mol. The van der Waals surface area contributed by atoms with Crippen LogP contribution in [0.4, 0.5) is 0 Å². The van der Waals surface area contributed by atoms with E-state index >= 15 is 0 Å². The van der Waals surface area contributed by atoms with Crippen molar-refractivity contribution in [3.8, 4) is 0 Å². The summed E-state index contributed by atoms with van der Waals surface area (Å²) < 4.78 is 5.69. The zero-order valence-electron chi connectivity index (χ0n) is 8.30. The summed E-state index contributed by atoms with van der Waals surface area (Å²) in [6.07, 6.45) is 5.94. The first kappa shape index (κ1) is 11.0. The highest BCUT2D eigenvalue weighted by Crippen LogP contribution is 2.07. The van der Waals surface area contributed by atoms with E-state index in [2.05, 4.69) is 5.32 Å². The molecular formula is C10H21NO2. The number of ether oxygens (including phenoxy) is 1. The van der Waals surface area contributed by atoms with Gasteiger partial charge in [0, 0.05) is 19.8 Å². The Balaban J connectivity index is 1.86. The number of aliphatic hydroxyl groups is 1. The molecule has 0 amide bonds. The van der Waals surface area contributed by atoms with Crippen LogP contribution >= 0.6 is 0 Å². The van der Waals surface area contributed by atoms with E-state index in [0.717, 1.165) is 39.0 Å². The van der Waals surface area contributed by atoms with Crippen LogP contribution < -0.4 is 5.32 Å². The van der Waals surface area contributed by atoms with Gasteiger partial charge >= 0.3 is 0 Å². The molecule has 1 saturated heterocycles. The quantitative estimate of drug-likeness (QED) is 0.607. The van der Waals surface area contributed by atoms with Gasteiger partial charge in [0.05, 0.1) is 6.10 Å². The van der Waals surface area contributed by atoms with E-state index in [0.29, 0.717) is 12.7 Å². The van der Waals surface area contributed by atoms with E-state index in [4.69, 9.17) is 9.84 Å². The zero-order valence-corrected chi connectivity index (χ0v) is 8.30. The van der Waals surface area contributed by atoms with Crippen molar-refractivity contribution in [3.63, 3.8) is 0 Å². The molecule has 0 saturated carbocycles. The van der Waals surface area contributed by atoms with Gasteiger partial charge in [0.15, 0.2) is 0 Å². The summed E-state index contributed by atoms with van der Waals surface area (Å²) in [4.78, 5) is 0. The van der Waals surface area contributed by atoms with Crippen molar-refractivity contribution in [1.29, 1.82) is 0 Å². The largest absolute Gasteiger partial charge is 0.396 e. The third-order valence-electron chi connectivity index (χ3n) is 2.41. The molecule has 0 spiro atoms. The summed E-state index contributed by atoms with van der Waals surface area (Å²) in [5, 5.41) is 11.9. The Bertz CT molecular complexity index is 113. The summed E-state index contributed by atoms with van der Waals surface area (Å²) in [6.45, 7) is 3.32. The lowest BCUT2D eigenvalue weighted by Crippen LogP contribution is -2.35. The first-order valence-corrected chi connectivity index (χ1v) is 5.36. The maximum Gasteiger partial charge on any atom is 0.0699 e. The van der Waals surface area contributed by atoms with Crippen molar-refractivity contribution < 1.29 is 9.84 Å². The summed E-state index contributed by atoms with van der Waals surface area (Å²) in [5.41, 5.74) is 0. The van der Waals surface area contributed by atoms with E-state index in [9.17, 15) is 0 Å². The fraction of sp³-hybridized carbons (Fsp3) is 1.00. The van der Waals surface area contributed by atoms with Gasteiger partial charge in [0.25, 0.3) is 0 Å². The second kappa shape index (κ2) is 7.30. The van der Waals surface area contributed by atoms with Gasteiger partial charge in [0.1, 0.15) is 0 Å². The maximum absolute atomic E-state index is 8.56. The van der Waals surface area contributed by atoms with Gasteiger partial charge in [-0.25, -0.2) is 0 Å². The van der Waals surface area contributed by atoms with Crippen molar-refractivity contribution in [1.82, 2.24) is 5.32 Å². The van der Waals surface area contributed by atoms with Crippen molar-refractivity contribution in [2.24, 2.45) is 0 Å². The van der Waals surface area contributed by atoms with Crippen molar-refractivity contribution >= 4 is 0 Å². The Labute approximate surface area is 80.5 Å². The minimum Gasteiger partial charge on any atom is -0.396 e. The van der Waals surface area contributed by atoms with Crippen molar-refractivity contribution in [3.05, 3.63) is 0 Å². The molecule has 0 aromatic rings. The highest BCUT2D eigenvalue weighted by atomic mass is 16.5. The Morgan fingerprint density at radius 2 is 2.23 bits per heavy atom. The molecule has 1 atom stereocenters. The van der Waals surface area contributed by atoms with Crippen LogP contribution in [0.5, 0.6) is 0 Å². The lowest BCUT2D eigenvalue weighted by molar-refractivity contribution is 0.0344. The van der Waals surface area contributed by atoms with Crippen LogP contribution in [-0.2, 0) is 4.74 Å². The Morgan fingerprint density at radius 3 is 2.92 bits per heavy atom. The topological polar surface area (TPSA) is 41.5 Å². The maximum atomic E-state index is 8.56. The predicted molar refractivity (Wildman–Crippen MR) is 52.8 cm³/mol. The highest BCUT2D eigenvalue weighted by molar-refractivity contribution is 4.68. The lowest BCUT2D eigenvalue weighted by atomic mass is 10.1. The van der Waals surface area contributed by atoms with E-state index in [1.807, 2.05) is 0 Å². The first-order valence-electron chi connectivity index (χ1n) is 5.36. The van der Waals surface area contributed by atoms with Gasteiger partial charge in [-0.15, -0.1) is 0 Å². The molecule has 1 fully saturated rings. The van der Waals surface area contributed by atoms with Crippen molar-refractivity contribution in [2.45, 2.75) is 38.2 Å². The van der Waals surface area contributed by atoms with E-state index in [1.165, 1.54) is 12.8 Å². The molecule has 1 aliphatic heterocycles. The Hall–Kier alpha value is -0.120. The molecule has 78 valence electrons. The second-order valence-electron chi connectivity index (χ2n) is 3.62. The Kier molecular flexibility index (Phi) is 6.15. The van der Waals surface area contributed by atoms with E-state index in [1.54, 1.807) is 0 Å². The van der Waals surface area contributed by atoms with Crippen LogP contribution in [0, 0.1) is 0 Å². The fourth-order valence-corrected chi connectivity index (χ4v) is 1.60. The summed E-state index contributed by atoms with van der Waals surface area (Å²) in [7, 11) is 0. The van der Waals surface area contributed by atoms with Gasteiger partial charge in [0.2, 0.25) is 0 Å². The van der Waals surface area contributed by atoms with Crippen LogP contribution in [-0.4, -0.2) is 37.5 Å². The number of rotatable bonds is 6. The van der Waals surface area contributed by atoms with Crippen LogP contribution in [0.25, 0.3) is 0 Å². The van der Waals surface area contributed by atoms with E-state index in [-0.39, 0.29) is 0 Å². The average Bonchev–Trinajstić information content (AvgIpc) is 2.19. The first-order chi connectivity index (χ1) is 6.43. The molecule has 0 aromatic heterocycles. The van der Waals surface area contributed by atoms with Crippen LogP contribution in [0.2, 0.25) is 0 Å². The van der Waals surface area contributed by atoms with Crippen LogP contribution in [0.3, 0.4) is 0 Å². The number of nitrogens with one attached hydrogen (secondary N) is 1. The number of hydrogen-bond acceptors (Lipinski definition) is 3. The fourth-order valence-electron chi connectivity index (χ4n) is 1.60. The Morgan fingerprint density at radius 1 is 1.31 bits per heavy atom. The smallest absolute Gasteiger partial charge is 0.0699 e. The molecule has 3 heteroatoms. The molecule has 1 rings (SSSR count). The van der Waals surface area contributed by atoms with Crippen molar-refractivity contribution in [2.75, 3.05) is 26.3 Å². The SMILES string of the molecule is OCCCCCOC1CCCNC1. The number of piperidine rings is 1. The molecule has 0 aliphatic carbocycles. The van der Waals surface area contributed by atoms with Gasteiger partial charge in [-0.3, -0.25) is 0 Å². The molecule has 1 heterocycles. The van der Waals surface area contributed by atoms with Gasteiger partial charge in [-0.1, -0.05) is 0 Å². The van der Waals surface area contributed by atoms with Gasteiger partial charge in [-0.2, -0.15) is 0 Å². The second-order valence-corrected chi connectivity index (χ2v) is 3.62. The minimum atomic E-state index is 0.311. The van der Waals surface area contributed by atoms with Crippen LogP contribution in [0.1, 0.15) is 32.1 Å². The average molecular weight is 187 g/mol. The van der Waals surface area contributed by atoms with Gasteiger partial charge < -0.3 is 15.2 Å². The number of aliphatic hydroxyl groups excluding tert-OH is 1. The normalized spacial score (nSPS) is 23.3. The molecule has 1 aliphatic rings. The molecule has 0 bridgehead atoms. The third kappa shape index (κ3) is 5.24. The monoisotopic (exact) mass is 187 g/mol. The molecule has 13 heavy (non-hydrogen) atoms. The lowest BCUT2D eigenvalue weighted by Gasteiger charge is -2.22. The standard InChI is InChI=1S/C10H21NO2/c12-7-2-1-3-8-13-10-5-4-6-11-9-10/h10-12H,1-9H2. The molecule has 2 N–H and O–H groups in total. The molecule has 3 nitrogen and oxygen atoms in total. The van der Waals surface area contributed by atoms with E-state index < -0.39 is 0 Å². The summed E-state index contributed by atoms with van der Waals surface area (Å²) >= 11 is 0. The zero-order chi connectivity index (χ0) is 9.36. The molecule has 1 unspecified atom stereocenters. The van der Waals surface area contributed by atoms with Crippen LogP contribution in [0.15, 0.2) is 0 Å². The summed E-state index contributed by atoms with van der Waals surface area (Å²) in [5.74, 6) is 0. The molecule has 0 aromatic carbocycles. The minimum absolute atomic E-state index is 0.311. The number of hydrogen-bond donors (Lipinski definition) is 2. The molecule has 0 radical (unpaired) electrons. The predicted octanol–water partition coefficient (Wildman–Crippen LogP) is 0.918. The third-order valence-corrected chi connectivity index (χ3v) is 2.41. The van der Waals surface area contributed by atoms with Gasteiger partial charge in [-0.05, 0) is 38.6 Å². The number of unbranched alkanes of at least 4 members (excludes halogenated alkanes) is 2.